The Morgan fingerprint density at radius 2 is 2.18 bits per heavy atom. The number of nitrogens with one attached hydrogen (secondary N) is 2. The van der Waals surface area contributed by atoms with Gasteiger partial charge in [-0.2, -0.15) is 5.26 Å². The average Bonchev–Trinajstić information content (AvgIpc) is 3.04. The fourth-order valence-corrected chi connectivity index (χ4v) is 4.69. The highest BCUT2D eigenvalue weighted by atomic mass is 32.1. The Balaban J connectivity index is 1.53. The molecule has 148 valence electrons. The molecular weight excluding hydrogens is 377 g/mol. The predicted octanol–water partition coefficient (Wildman–Crippen LogP) is 4.33. The van der Waals surface area contributed by atoms with E-state index in [0.717, 1.165) is 36.8 Å². The highest BCUT2D eigenvalue weighted by Gasteiger charge is 2.21. The Labute approximate surface area is 168 Å². The van der Waals surface area contributed by atoms with Crippen LogP contribution in [0.3, 0.4) is 0 Å². The first-order chi connectivity index (χ1) is 13.5. The minimum atomic E-state index is -0.405. The SMILES string of the molecule is COc1ccc(C(C)NCCC(=O)Nc2sc3c(c2C#N)CCCC3)cc1F. The topological polar surface area (TPSA) is 74.2 Å². The monoisotopic (exact) mass is 401 g/mol. The number of ether oxygens (including phenoxy) is 1. The van der Waals surface area contributed by atoms with Gasteiger partial charge in [0.25, 0.3) is 0 Å². The van der Waals surface area contributed by atoms with Gasteiger partial charge in [0.1, 0.15) is 11.1 Å². The zero-order valence-electron chi connectivity index (χ0n) is 16.1. The zero-order valence-corrected chi connectivity index (χ0v) is 16.9. The van der Waals surface area contributed by atoms with Crippen molar-refractivity contribution in [2.24, 2.45) is 0 Å². The second kappa shape index (κ2) is 9.18. The number of hydrogen-bond donors (Lipinski definition) is 2. The first-order valence-corrected chi connectivity index (χ1v) is 10.3. The van der Waals surface area contributed by atoms with Crippen LogP contribution in [0.5, 0.6) is 5.75 Å². The van der Waals surface area contributed by atoms with Crippen molar-refractivity contribution in [1.82, 2.24) is 5.32 Å². The standard InChI is InChI=1S/C21H24FN3O2S/c1-13(14-7-8-18(27-2)17(22)11-14)24-10-9-20(26)25-21-16(12-23)15-5-3-4-6-19(15)28-21/h7-8,11,13,24H,3-6,9-10H2,1-2H3,(H,25,26). The third kappa shape index (κ3) is 4.51. The largest absolute Gasteiger partial charge is 0.494 e. The van der Waals surface area contributed by atoms with Gasteiger partial charge in [0.15, 0.2) is 11.6 Å². The first kappa shape index (κ1) is 20.3. The van der Waals surface area contributed by atoms with E-state index in [2.05, 4.69) is 16.7 Å². The van der Waals surface area contributed by atoms with E-state index < -0.39 is 5.82 Å². The molecule has 0 saturated heterocycles. The van der Waals surface area contributed by atoms with Gasteiger partial charge >= 0.3 is 0 Å². The van der Waals surface area contributed by atoms with Gasteiger partial charge in [0, 0.05) is 23.9 Å². The van der Waals surface area contributed by atoms with Gasteiger partial charge in [-0.05, 0) is 55.9 Å². The number of carbonyl (C=O) groups is 1. The molecule has 28 heavy (non-hydrogen) atoms. The van der Waals surface area contributed by atoms with Gasteiger partial charge in [-0.1, -0.05) is 6.07 Å². The number of carbonyl (C=O) groups excluding carboxylic acids is 1. The molecule has 0 fully saturated rings. The Bertz CT molecular complexity index is 904. The third-order valence-electron chi connectivity index (χ3n) is 5.01. The summed E-state index contributed by atoms with van der Waals surface area (Å²) in [5, 5.41) is 16.3. The number of hydrogen-bond acceptors (Lipinski definition) is 5. The molecule has 1 aliphatic rings. The molecule has 1 atom stereocenters. The van der Waals surface area contributed by atoms with Crippen LogP contribution in [0.2, 0.25) is 0 Å². The molecule has 3 rings (SSSR count). The number of rotatable bonds is 7. The van der Waals surface area contributed by atoms with Crippen molar-refractivity contribution in [2.75, 3.05) is 19.0 Å². The van der Waals surface area contributed by atoms with Crippen LogP contribution in [0.15, 0.2) is 18.2 Å². The molecule has 1 heterocycles. The number of nitriles is 1. The van der Waals surface area contributed by atoms with Crippen LogP contribution in [0.25, 0.3) is 0 Å². The van der Waals surface area contributed by atoms with Crippen molar-refractivity contribution in [3.05, 3.63) is 45.6 Å². The van der Waals surface area contributed by atoms with Crippen LogP contribution >= 0.6 is 11.3 Å². The Morgan fingerprint density at radius 3 is 2.89 bits per heavy atom. The highest BCUT2D eigenvalue weighted by molar-refractivity contribution is 7.16. The number of fused-ring (bicyclic) bond motifs is 1. The van der Waals surface area contributed by atoms with Crippen molar-refractivity contribution >= 4 is 22.2 Å². The lowest BCUT2D eigenvalue weighted by Crippen LogP contribution is -2.24. The van der Waals surface area contributed by atoms with Gasteiger partial charge < -0.3 is 15.4 Å². The molecular formula is C21H24FN3O2S. The van der Waals surface area contributed by atoms with E-state index in [0.29, 0.717) is 17.1 Å². The molecule has 7 heteroatoms. The molecule has 0 aliphatic heterocycles. The van der Waals surface area contributed by atoms with E-state index in [9.17, 15) is 14.4 Å². The summed E-state index contributed by atoms with van der Waals surface area (Å²) in [7, 11) is 1.43. The highest BCUT2D eigenvalue weighted by Crippen LogP contribution is 2.37. The number of methoxy groups -OCH3 is 1. The third-order valence-corrected chi connectivity index (χ3v) is 6.22. The lowest BCUT2D eigenvalue weighted by atomic mass is 9.96. The number of nitrogens with zero attached hydrogens (tertiary/aromatic N) is 1. The van der Waals surface area contributed by atoms with E-state index in [1.54, 1.807) is 12.1 Å². The molecule has 1 aromatic carbocycles. The summed E-state index contributed by atoms with van der Waals surface area (Å²) in [5.74, 6) is -0.324. The van der Waals surface area contributed by atoms with Crippen molar-refractivity contribution in [1.29, 1.82) is 5.26 Å². The molecule has 1 amide bonds. The van der Waals surface area contributed by atoms with Crippen LogP contribution in [0.1, 0.15) is 53.8 Å². The molecule has 2 aromatic rings. The molecule has 5 nitrogen and oxygen atoms in total. The van der Waals surface area contributed by atoms with Crippen molar-refractivity contribution < 1.29 is 13.9 Å². The van der Waals surface area contributed by atoms with Crippen LogP contribution in [0.4, 0.5) is 9.39 Å². The number of thiophene rings is 1. The molecule has 1 unspecified atom stereocenters. The van der Waals surface area contributed by atoms with Crippen LogP contribution in [-0.4, -0.2) is 19.6 Å². The maximum absolute atomic E-state index is 13.8. The van der Waals surface area contributed by atoms with E-state index >= 15 is 0 Å². The Kier molecular flexibility index (Phi) is 6.65. The summed E-state index contributed by atoms with van der Waals surface area (Å²) in [4.78, 5) is 13.5. The molecule has 0 saturated carbocycles. The summed E-state index contributed by atoms with van der Waals surface area (Å²) < 4.78 is 18.8. The zero-order chi connectivity index (χ0) is 20.1. The van der Waals surface area contributed by atoms with E-state index in [1.165, 1.54) is 29.4 Å². The Morgan fingerprint density at radius 1 is 1.39 bits per heavy atom. The van der Waals surface area contributed by atoms with Crippen LogP contribution in [-0.2, 0) is 17.6 Å². The summed E-state index contributed by atoms with van der Waals surface area (Å²) in [6, 6.07) is 6.99. The second-order valence-electron chi connectivity index (χ2n) is 6.89. The van der Waals surface area contributed by atoms with Gasteiger partial charge in [0.2, 0.25) is 5.91 Å². The molecule has 2 N–H and O–H groups in total. The van der Waals surface area contributed by atoms with Crippen molar-refractivity contribution in [3.8, 4) is 11.8 Å². The minimum Gasteiger partial charge on any atom is -0.494 e. The van der Waals surface area contributed by atoms with Crippen molar-refractivity contribution in [2.45, 2.75) is 45.1 Å². The lowest BCUT2D eigenvalue weighted by Gasteiger charge is -2.15. The van der Waals surface area contributed by atoms with E-state index in [1.807, 2.05) is 6.92 Å². The normalized spacial score (nSPS) is 14.1. The van der Waals surface area contributed by atoms with Crippen LogP contribution < -0.4 is 15.4 Å². The number of aryl methyl sites for hydroxylation is 1. The summed E-state index contributed by atoms with van der Waals surface area (Å²) in [6.07, 6.45) is 4.42. The fourth-order valence-electron chi connectivity index (χ4n) is 3.43. The summed E-state index contributed by atoms with van der Waals surface area (Å²) in [6.45, 7) is 2.37. The Hall–Kier alpha value is -2.43. The van der Waals surface area contributed by atoms with Crippen LogP contribution in [0, 0.1) is 17.1 Å². The molecule has 0 spiro atoms. The van der Waals surface area contributed by atoms with Gasteiger partial charge in [0.05, 0.1) is 12.7 Å². The van der Waals surface area contributed by atoms with Gasteiger partial charge in [-0.15, -0.1) is 11.3 Å². The van der Waals surface area contributed by atoms with Gasteiger partial charge in [-0.3, -0.25) is 4.79 Å². The number of halogens is 1. The van der Waals surface area contributed by atoms with Gasteiger partial charge in [-0.25, -0.2) is 4.39 Å². The number of anilines is 1. The molecule has 1 aromatic heterocycles. The van der Waals surface area contributed by atoms with Crippen molar-refractivity contribution in [3.63, 3.8) is 0 Å². The molecule has 0 bridgehead atoms. The fraction of sp³-hybridized carbons (Fsp3) is 0.429. The predicted molar refractivity (Wildman–Crippen MR) is 108 cm³/mol. The number of amides is 1. The second-order valence-corrected chi connectivity index (χ2v) is 8.00. The first-order valence-electron chi connectivity index (χ1n) is 9.44. The number of benzene rings is 1. The molecule has 1 aliphatic carbocycles. The summed E-state index contributed by atoms with van der Waals surface area (Å²) >= 11 is 1.53. The summed E-state index contributed by atoms with van der Waals surface area (Å²) in [5.41, 5.74) is 2.53. The lowest BCUT2D eigenvalue weighted by molar-refractivity contribution is -0.116. The average molecular weight is 402 g/mol. The smallest absolute Gasteiger partial charge is 0.226 e. The van der Waals surface area contributed by atoms with E-state index in [4.69, 9.17) is 4.74 Å². The van der Waals surface area contributed by atoms with E-state index in [-0.39, 0.29) is 24.1 Å². The quantitative estimate of drug-likeness (QED) is 0.724. The maximum Gasteiger partial charge on any atom is 0.226 e. The maximum atomic E-state index is 13.8. The molecule has 0 radical (unpaired) electrons. The minimum absolute atomic E-state index is 0.100.